The van der Waals surface area contributed by atoms with Crippen LogP contribution in [0.4, 0.5) is 4.39 Å². The third kappa shape index (κ3) is 4.16. The average molecular weight is 441 g/mol. The molecule has 0 spiro atoms. The lowest BCUT2D eigenvalue weighted by Crippen LogP contribution is -2.25. The minimum Gasteiger partial charge on any atom is -0.490 e. The fourth-order valence-corrected chi connectivity index (χ4v) is 3.08. The summed E-state index contributed by atoms with van der Waals surface area (Å²) in [6, 6.07) is 8.53. The summed E-state index contributed by atoms with van der Waals surface area (Å²) in [5.74, 6) is -2.98. The summed E-state index contributed by atoms with van der Waals surface area (Å²) in [5, 5.41) is 19.2. The van der Waals surface area contributed by atoms with Gasteiger partial charge in [-0.3, -0.25) is 9.59 Å². The van der Waals surface area contributed by atoms with Crippen LogP contribution in [0.5, 0.6) is 11.5 Å². The van der Waals surface area contributed by atoms with E-state index in [1.165, 1.54) is 18.4 Å². The summed E-state index contributed by atoms with van der Waals surface area (Å²) in [4.78, 5) is 35.4. The topological polar surface area (TPSA) is 136 Å². The number of aliphatic hydroxyl groups excluding tert-OH is 1. The maximum Gasteiger partial charge on any atom is 0.371 e. The van der Waals surface area contributed by atoms with E-state index in [4.69, 9.17) is 23.4 Å². The number of carbonyl (C=O) groups is 1. The molecule has 2 heterocycles. The molecule has 0 radical (unpaired) electrons. The van der Waals surface area contributed by atoms with Crippen molar-refractivity contribution in [1.82, 2.24) is 0 Å². The van der Waals surface area contributed by atoms with Crippen LogP contribution in [0.25, 0.3) is 21.9 Å². The maximum absolute atomic E-state index is 13.9. The summed E-state index contributed by atoms with van der Waals surface area (Å²) in [5.41, 5.74) is -1.05. The summed E-state index contributed by atoms with van der Waals surface area (Å²) in [6.07, 6.45) is 0.0424. The predicted octanol–water partition coefficient (Wildman–Crippen LogP) is 2.56. The van der Waals surface area contributed by atoms with Crippen molar-refractivity contribution in [1.29, 1.82) is 0 Å². The van der Waals surface area contributed by atoms with Crippen LogP contribution in [-0.2, 0) is 0 Å². The maximum atomic E-state index is 13.9. The molecule has 2 N–H and O–H groups in total. The lowest BCUT2D eigenvalue weighted by molar-refractivity contribution is 0.0635. The lowest BCUT2D eigenvalue weighted by Gasteiger charge is -2.15. The molecule has 0 fully saturated rings. The molecule has 9 nitrogen and oxygen atoms in total. The fraction of sp³-hybridized carbons (Fsp3) is 0.136. The molecular formula is C22H15FO9. The van der Waals surface area contributed by atoms with Gasteiger partial charge in [0.2, 0.25) is 5.76 Å². The Morgan fingerprint density at radius 1 is 0.969 bits per heavy atom. The Kier molecular flexibility index (Phi) is 5.61. The molecule has 0 amide bonds. The van der Waals surface area contributed by atoms with E-state index in [-0.39, 0.29) is 39.9 Å². The van der Waals surface area contributed by atoms with Gasteiger partial charge in [-0.15, -0.1) is 0 Å². The van der Waals surface area contributed by atoms with Gasteiger partial charge < -0.3 is 28.5 Å². The fourth-order valence-electron chi connectivity index (χ4n) is 3.08. The number of hydrogen-bond acceptors (Lipinski definition) is 8. The second kappa shape index (κ2) is 8.52. The third-order valence-electron chi connectivity index (χ3n) is 4.48. The first-order valence-electron chi connectivity index (χ1n) is 9.28. The second-order valence-electron chi connectivity index (χ2n) is 6.75. The zero-order chi connectivity index (χ0) is 22.8. The summed E-state index contributed by atoms with van der Waals surface area (Å²) < 4.78 is 35.1. The van der Waals surface area contributed by atoms with E-state index in [2.05, 4.69) is 0 Å². The van der Waals surface area contributed by atoms with Crippen molar-refractivity contribution >= 4 is 27.9 Å². The van der Waals surface area contributed by atoms with Gasteiger partial charge in [0, 0.05) is 24.3 Å². The zero-order valence-corrected chi connectivity index (χ0v) is 16.2. The van der Waals surface area contributed by atoms with Gasteiger partial charge in [-0.05, 0) is 12.1 Å². The predicted molar refractivity (Wildman–Crippen MR) is 109 cm³/mol. The van der Waals surface area contributed by atoms with Crippen LogP contribution >= 0.6 is 0 Å². The van der Waals surface area contributed by atoms with Crippen LogP contribution in [0.2, 0.25) is 0 Å². The first-order valence-corrected chi connectivity index (χ1v) is 9.28. The molecule has 2 aromatic heterocycles. The Labute approximate surface area is 177 Å². The van der Waals surface area contributed by atoms with E-state index in [1.54, 1.807) is 12.1 Å². The van der Waals surface area contributed by atoms with Crippen LogP contribution in [0.15, 0.2) is 67.2 Å². The highest BCUT2D eigenvalue weighted by atomic mass is 18.2. The van der Waals surface area contributed by atoms with Crippen molar-refractivity contribution < 1.29 is 37.7 Å². The third-order valence-corrected chi connectivity index (χ3v) is 4.48. The second-order valence-corrected chi connectivity index (χ2v) is 6.75. The highest BCUT2D eigenvalue weighted by molar-refractivity contribution is 5.89. The van der Waals surface area contributed by atoms with Crippen LogP contribution in [0, 0.1) is 5.82 Å². The number of carboxylic acid groups (broad SMARTS) is 1. The molecule has 164 valence electrons. The number of aliphatic hydroxyl groups is 1. The van der Waals surface area contributed by atoms with E-state index >= 15 is 0 Å². The van der Waals surface area contributed by atoms with Crippen molar-refractivity contribution in [3.63, 3.8) is 0 Å². The van der Waals surface area contributed by atoms with Gasteiger partial charge in [0.15, 0.2) is 10.9 Å². The van der Waals surface area contributed by atoms with Crippen molar-refractivity contribution in [2.45, 2.75) is 6.10 Å². The average Bonchev–Trinajstić information content (AvgIpc) is 2.75. The monoisotopic (exact) mass is 441 g/mol. The van der Waals surface area contributed by atoms with Gasteiger partial charge in [0.05, 0.1) is 6.26 Å². The number of halogens is 1. The number of aromatic carboxylic acids is 1. The van der Waals surface area contributed by atoms with Crippen molar-refractivity contribution in [3.05, 3.63) is 80.8 Å². The Morgan fingerprint density at radius 2 is 1.69 bits per heavy atom. The van der Waals surface area contributed by atoms with Crippen LogP contribution < -0.4 is 20.3 Å². The number of fused-ring (bicyclic) bond motifs is 2. The number of hydrogen-bond donors (Lipinski definition) is 2. The normalized spacial score (nSPS) is 12.1. The Morgan fingerprint density at radius 3 is 2.44 bits per heavy atom. The molecule has 32 heavy (non-hydrogen) atoms. The van der Waals surface area contributed by atoms with Crippen molar-refractivity contribution in [2.24, 2.45) is 0 Å². The zero-order valence-electron chi connectivity index (χ0n) is 16.2. The summed E-state index contributed by atoms with van der Waals surface area (Å²) in [7, 11) is 0. The molecular weight excluding hydrogens is 426 g/mol. The first kappa shape index (κ1) is 21.1. The van der Waals surface area contributed by atoms with E-state index in [1.807, 2.05) is 0 Å². The molecule has 4 rings (SSSR count). The van der Waals surface area contributed by atoms with Gasteiger partial charge in [-0.25, -0.2) is 9.18 Å². The Hall–Kier alpha value is -4.18. The molecule has 0 saturated heterocycles. The van der Waals surface area contributed by atoms with Gasteiger partial charge in [0.25, 0.3) is 0 Å². The standard InChI is InChI=1S/C22H15FO9/c23-11-6-17(21-14(26)8-19(22(27)28)32-18(21)7-11)31-10-12(24)9-30-16-3-1-2-15-20(16)13(25)4-5-29-15/h1-8,12,24H,9-10H2,(H,27,28)/i23-1. The molecule has 0 bridgehead atoms. The van der Waals surface area contributed by atoms with Crippen molar-refractivity contribution in [2.75, 3.05) is 13.2 Å². The number of benzene rings is 2. The minimum atomic E-state index is -1.48. The summed E-state index contributed by atoms with van der Waals surface area (Å²) in [6.45, 7) is -0.670. The number of ether oxygens (including phenoxy) is 2. The van der Waals surface area contributed by atoms with Crippen LogP contribution in [-0.4, -0.2) is 35.5 Å². The molecule has 2 aromatic carbocycles. The number of rotatable bonds is 7. The van der Waals surface area contributed by atoms with E-state index in [9.17, 15) is 23.9 Å². The summed E-state index contributed by atoms with van der Waals surface area (Å²) >= 11 is 0. The molecule has 0 aliphatic heterocycles. The molecule has 0 saturated carbocycles. The Bertz CT molecular complexity index is 1430. The molecule has 0 aliphatic rings. The quantitative estimate of drug-likeness (QED) is 0.443. The molecule has 1 unspecified atom stereocenters. The minimum absolute atomic E-state index is 0.170. The van der Waals surface area contributed by atoms with Crippen LogP contribution in [0.3, 0.4) is 0 Å². The Balaban J connectivity index is 1.51. The van der Waals surface area contributed by atoms with Crippen molar-refractivity contribution in [3.8, 4) is 11.5 Å². The van der Waals surface area contributed by atoms with E-state index in [0.717, 1.165) is 18.2 Å². The lowest BCUT2D eigenvalue weighted by atomic mass is 10.2. The van der Waals surface area contributed by atoms with Gasteiger partial charge >= 0.3 is 5.97 Å². The van der Waals surface area contributed by atoms with E-state index in [0.29, 0.717) is 5.58 Å². The highest BCUT2D eigenvalue weighted by Gasteiger charge is 2.17. The largest absolute Gasteiger partial charge is 0.490 e. The SMILES string of the molecule is O=C(O)c1cc(=O)c2c(OCC(O)COc3cccc4occc(=O)c34)cc([18F])cc2o1. The van der Waals surface area contributed by atoms with E-state index < -0.39 is 35.7 Å². The first-order chi connectivity index (χ1) is 15.3. The van der Waals surface area contributed by atoms with Gasteiger partial charge in [-0.2, -0.15) is 0 Å². The highest BCUT2D eigenvalue weighted by Crippen LogP contribution is 2.26. The molecule has 10 heteroatoms. The molecule has 4 aromatic rings. The molecule has 1 atom stereocenters. The molecule has 0 aliphatic carbocycles. The van der Waals surface area contributed by atoms with Gasteiger partial charge in [0.1, 0.15) is 58.6 Å². The number of carboxylic acids is 1. The van der Waals surface area contributed by atoms with Crippen LogP contribution in [0.1, 0.15) is 10.6 Å². The van der Waals surface area contributed by atoms with Gasteiger partial charge in [-0.1, -0.05) is 6.07 Å². The smallest absolute Gasteiger partial charge is 0.371 e.